The molecular formula is C18H26N2O3. The van der Waals surface area contributed by atoms with E-state index >= 15 is 0 Å². The first-order valence-electron chi connectivity index (χ1n) is 8.59. The van der Waals surface area contributed by atoms with E-state index in [1.807, 2.05) is 4.90 Å². The Morgan fingerprint density at radius 1 is 1.13 bits per heavy atom. The lowest BCUT2D eigenvalue weighted by Gasteiger charge is -2.30. The largest absolute Gasteiger partial charge is 0.508 e. The molecule has 126 valence electrons. The van der Waals surface area contributed by atoms with Crippen molar-refractivity contribution in [2.24, 2.45) is 11.8 Å². The van der Waals surface area contributed by atoms with Crippen LogP contribution in [-0.2, 0) is 0 Å². The van der Waals surface area contributed by atoms with Crippen LogP contribution in [0.3, 0.4) is 0 Å². The number of amides is 1. The average molecular weight is 318 g/mol. The summed E-state index contributed by atoms with van der Waals surface area (Å²) in [5, 5.41) is 19.2. The summed E-state index contributed by atoms with van der Waals surface area (Å²) in [6, 6.07) is 6.49. The second-order valence-electron chi connectivity index (χ2n) is 6.82. The van der Waals surface area contributed by atoms with Gasteiger partial charge in [0, 0.05) is 37.7 Å². The number of carbonyl (C=O) groups is 1. The highest BCUT2D eigenvalue weighted by molar-refractivity contribution is 5.94. The van der Waals surface area contributed by atoms with Crippen molar-refractivity contribution in [3.8, 4) is 5.75 Å². The van der Waals surface area contributed by atoms with Gasteiger partial charge in [0.2, 0.25) is 0 Å². The van der Waals surface area contributed by atoms with E-state index in [0.717, 1.165) is 19.6 Å². The standard InChI is InChI=1S/C18H26N2O3/c21-13-16-12-20(18(23)14-5-4-6-17(22)9-14)11-15(16)10-19-7-2-1-3-8-19/h4-6,9,15-16,21-22H,1-3,7-8,10-13H2/t15-,16-/m0/s1. The minimum Gasteiger partial charge on any atom is -0.508 e. The third-order valence-electron chi connectivity index (χ3n) is 5.13. The van der Waals surface area contributed by atoms with Gasteiger partial charge in [-0.25, -0.2) is 0 Å². The minimum absolute atomic E-state index is 0.0551. The molecule has 2 aliphatic rings. The van der Waals surface area contributed by atoms with Gasteiger partial charge in [-0.3, -0.25) is 4.79 Å². The van der Waals surface area contributed by atoms with Gasteiger partial charge in [-0.2, -0.15) is 0 Å². The molecule has 3 rings (SSSR count). The van der Waals surface area contributed by atoms with Crippen molar-refractivity contribution in [3.63, 3.8) is 0 Å². The molecule has 0 aliphatic carbocycles. The monoisotopic (exact) mass is 318 g/mol. The van der Waals surface area contributed by atoms with Crippen LogP contribution in [-0.4, -0.2) is 65.3 Å². The van der Waals surface area contributed by atoms with Crippen LogP contribution in [0.15, 0.2) is 24.3 Å². The van der Waals surface area contributed by atoms with E-state index in [1.165, 1.54) is 25.3 Å². The average Bonchev–Trinajstić information content (AvgIpc) is 2.98. The number of phenols is 1. The summed E-state index contributed by atoms with van der Waals surface area (Å²) in [7, 11) is 0. The Kier molecular flexibility index (Phi) is 5.18. The number of rotatable bonds is 4. The topological polar surface area (TPSA) is 64.0 Å². The maximum Gasteiger partial charge on any atom is 0.254 e. The number of hydrogen-bond acceptors (Lipinski definition) is 4. The Morgan fingerprint density at radius 3 is 2.57 bits per heavy atom. The van der Waals surface area contributed by atoms with Crippen molar-refractivity contribution in [2.45, 2.75) is 19.3 Å². The number of aliphatic hydroxyl groups is 1. The number of phenolic OH excluding ortho intramolecular Hbond substituents is 1. The molecule has 5 nitrogen and oxygen atoms in total. The first-order valence-corrected chi connectivity index (χ1v) is 8.59. The number of piperidine rings is 1. The fourth-order valence-electron chi connectivity index (χ4n) is 3.81. The normalized spacial score (nSPS) is 25.7. The van der Waals surface area contributed by atoms with Crippen LogP contribution in [0.2, 0.25) is 0 Å². The van der Waals surface area contributed by atoms with Crippen molar-refractivity contribution in [3.05, 3.63) is 29.8 Å². The molecule has 0 saturated carbocycles. The highest BCUT2D eigenvalue weighted by atomic mass is 16.3. The maximum absolute atomic E-state index is 12.6. The maximum atomic E-state index is 12.6. The van der Waals surface area contributed by atoms with Crippen molar-refractivity contribution >= 4 is 5.91 Å². The van der Waals surface area contributed by atoms with E-state index < -0.39 is 0 Å². The van der Waals surface area contributed by atoms with E-state index in [2.05, 4.69) is 4.90 Å². The number of aliphatic hydroxyl groups excluding tert-OH is 1. The van der Waals surface area contributed by atoms with Crippen molar-refractivity contribution in [2.75, 3.05) is 39.3 Å². The first kappa shape index (κ1) is 16.3. The summed E-state index contributed by atoms with van der Waals surface area (Å²) < 4.78 is 0. The van der Waals surface area contributed by atoms with Gasteiger partial charge in [0.1, 0.15) is 5.75 Å². The summed E-state index contributed by atoms with van der Waals surface area (Å²) in [5.74, 6) is 0.539. The van der Waals surface area contributed by atoms with E-state index in [1.54, 1.807) is 18.2 Å². The molecule has 0 radical (unpaired) electrons. The van der Waals surface area contributed by atoms with E-state index in [9.17, 15) is 15.0 Å². The predicted molar refractivity (Wildman–Crippen MR) is 88.4 cm³/mol. The van der Waals surface area contributed by atoms with Crippen LogP contribution in [0.4, 0.5) is 0 Å². The minimum atomic E-state index is -0.0551. The van der Waals surface area contributed by atoms with Gasteiger partial charge in [-0.15, -0.1) is 0 Å². The molecule has 2 atom stereocenters. The molecule has 2 fully saturated rings. The number of carbonyl (C=O) groups excluding carboxylic acids is 1. The van der Waals surface area contributed by atoms with Crippen LogP contribution in [0.25, 0.3) is 0 Å². The highest BCUT2D eigenvalue weighted by Crippen LogP contribution is 2.27. The number of benzene rings is 1. The lowest BCUT2D eigenvalue weighted by Crippen LogP contribution is -2.37. The summed E-state index contributed by atoms with van der Waals surface area (Å²) in [6.07, 6.45) is 3.82. The van der Waals surface area contributed by atoms with E-state index in [-0.39, 0.29) is 24.2 Å². The highest BCUT2D eigenvalue weighted by Gasteiger charge is 2.36. The fraction of sp³-hybridized carbons (Fsp3) is 0.611. The van der Waals surface area contributed by atoms with Crippen LogP contribution in [0, 0.1) is 11.8 Å². The smallest absolute Gasteiger partial charge is 0.254 e. The molecule has 1 aromatic rings. The number of nitrogens with zero attached hydrogens (tertiary/aromatic N) is 2. The van der Waals surface area contributed by atoms with Gasteiger partial charge in [-0.05, 0) is 50.0 Å². The summed E-state index contributed by atoms with van der Waals surface area (Å²) in [5.41, 5.74) is 0.514. The quantitative estimate of drug-likeness (QED) is 0.884. The molecule has 0 bridgehead atoms. The summed E-state index contributed by atoms with van der Waals surface area (Å²) in [6.45, 7) is 4.65. The zero-order valence-corrected chi connectivity index (χ0v) is 13.5. The van der Waals surface area contributed by atoms with Crippen LogP contribution in [0.5, 0.6) is 5.75 Å². The molecule has 2 N–H and O–H groups in total. The summed E-state index contributed by atoms with van der Waals surface area (Å²) >= 11 is 0. The lowest BCUT2D eigenvalue weighted by atomic mass is 9.95. The first-order chi connectivity index (χ1) is 11.2. The zero-order valence-electron chi connectivity index (χ0n) is 13.5. The second-order valence-corrected chi connectivity index (χ2v) is 6.82. The third-order valence-corrected chi connectivity index (χ3v) is 5.13. The molecule has 0 aromatic heterocycles. The van der Waals surface area contributed by atoms with Crippen LogP contribution < -0.4 is 0 Å². The Labute approximate surface area is 137 Å². The van der Waals surface area contributed by atoms with Gasteiger partial charge in [0.25, 0.3) is 5.91 Å². The molecule has 1 aromatic carbocycles. The molecule has 0 spiro atoms. The Bertz CT molecular complexity index is 543. The van der Waals surface area contributed by atoms with Crippen LogP contribution in [0.1, 0.15) is 29.6 Å². The zero-order chi connectivity index (χ0) is 16.2. The molecule has 2 aliphatic heterocycles. The molecule has 0 unspecified atom stereocenters. The van der Waals surface area contributed by atoms with Crippen molar-refractivity contribution < 1.29 is 15.0 Å². The SMILES string of the molecule is O=C(c1cccc(O)c1)N1C[C@@H](CO)[C@@H](CN2CCCCC2)C1. The molecule has 2 saturated heterocycles. The van der Waals surface area contributed by atoms with Crippen molar-refractivity contribution in [1.82, 2.24) is 9.80 Å². The van der Waals surface area contributed by atoms with Crippen LogP contribution >= 0.6 is 0 Å². The van der Waals surface area contributed by atoms with Gasteiger partial charge in [0.15, 0.2) is 0 Å². The summed E-state index contributed by atoms with van der Waals surface area (Å²) in [4.78, 5) is 16.9. The molecule has 1 amide bonds. The molecule has 23 heavy (non-hydrogen) atoms. The predicted octanol–water partition coefficient (Wildman–Crippen LogP) is 1.56. The number of aromatic hydroxyl groups is 1. The number of likely N-dealkylation sites (tertiary alicyclic amines) is 2. The third kappa shape index (κ3) is 3.85. The Hall–Kier alpha value is -1.59. The van der Waals surface area contributed by atoms with Crippen molar-refractivity contribution in [1.29, 1.82) is 0 Å². The van der Waals surface area contributed by atoms with Gasteiger partial charge in [-0.1, -0.05) is 12.5 Å². The van der Waals surface area contributed by atoms with E-state index in [0.29, 0.717) is 24.6 Å². The van der Waals surface area contributed by atoms with Gasteiger partial charge in [0.05, 0.1) is 0 Å². The molecular weight excluding hydrogens is 292 g/mol. The van der Waals surface area contributed by atoms with Gasteiger partial charge < -0.3 is 20.0 Å². The second kappa shape index (κ2) is 7.32. The molecule has 2 heterocycles. The Morgan fingerprint density at radius 2 is 1.87 bits per heavy atom. The van der Waals surface area contributed by atoms with E-state index in [4.69, 9.17) is 0 Å². The van der Waals surface area contributed by atoms with Gasteiger partial charge >= 0.3 is 0 Å². The Balaban J connectivity index is 1.64. The molecule has 5 heteroatoms. The number of hydrogen-bond donors (Lipinski definition) is 2. The lowest BCUT2D eigenvalue weighted by molar-refractivity contribution is 0.0778. The fourth-order valence-corrected chi connectivity index (χ4v) is 3.81.